The molecule has 0 aliphatic rings. The van der Waals surface area contributed by atoms with Gasteiger partial charge in [-0.1, -0.05) is 30.3 Å². The van der Waals surface area contributed by atoms with Crippen molar-refractivity contribution in [3.05, 3.63) is 109 Å². The molecule has 0 atom stereocenters. The highest BCUT2D eigenvalue weighted by atomic mass is 16.5. The maximum atomic E-state index is 6.09. The predicted molar refractivity (Wildman–Crippen MR) is 125 cm³/mol. The molecular weight excluding hydrogens is 384 g/mol. The highest BCUT2D eigenvalue weighted by molar-refractivity contribution is 5.90. The molecule has 0 bridgehead atoms. The van der Waals surface area contributed by atoms with E-state index in [1.165, 1.54) is 0 Å². The van der Waals surface area contributed by atoms with Crippen molar-refractivity contribution < 1.29 is 4.74 Å². The zero-order chi connectivity index (χ0) is 20.9. The van der Waals surface area contributed by atoms with E-state index in [-0.39, 0.29) is 0 Å². The number of para-hydroxylation sites is 1. The fourth-order valence-electron chi connectivity index (χ4n) is 3.31. The third-order valence-electron chi connectivity index (χ3n) is 4.80. The molecule has 3 aromatic carbocycles. The molecule has 2 N–H and O–H groups in total. The largest absolute Gasteiger partial charge is 0.457 e. The molecular formula is C26H20N4O. The van der Waals surface area contributed by atoms with Gasteiger partial charge in [0.15, 0.2) is 0 Å². The molecule has 0 saturated heterocycles. The van der Waals surface area contributed by atoms with Gasteiger partial charge in [0.2, 0.25) is 0 Å². The van der Waals surface area contributed by atoms with E-state index in [2.05, 4.69) is 20.5 Å². The van der Waals surface area contributed by atoms with Crippen molar-refractivity contribution in [2.24, 2.45) is 0 Å². The van der Waals surface area contributed by atoms with Gasteiger partial charge in [-0.15, -0.1) is 0 Å². The normalized spacial score (nSPS) is 11.1. The van der Waals surface area contributed by atoms with Crippen molar-refractivity contribution in [3.63, 3.8) is 0 Å². The highest BCUT2D eigenvalue weighted by Gasteiger charge is 2.06. The van der Waals surface area contributed by atoms with Crippen LogP contribution in [0.1, 0.15) is 11.4 Å². The van der Waals surface area contributed by atoms with Crippen LogP contribution < -0.4 is 10.1 Å². The Balaban J connectivity index is 1.33. The minimum absolute atomic E-state index is 0.744. The summed E-state index contributed by atoms with van der Waals surface area (Å²) in [4.78, 5) is 4.30. The van der Waals surface area contributed by atoms with Crippen LogP contribution in [-0.2, 0) is 0 Å². The van der Waals surface area contributed by atoms with E-state index in [9.17, 15) is 0 Å². The Hall–Kier alpha value is -4.38. The van der Waals surface area contributed by atoms with Gasteiger partial charge in [0, 0.05) is 35.1 Å². The first-order chi connectivity index (χ1) is 15.3. The average Bonchev–Trinajstić information content (AvgIpc) is 3.21. The summed E-state index contributed by atoms with van der Waals surface area (Å²) in [5, 5.41) is 11.9. The van der Waals surface area contributed by atoms with Crippen LogP contribution in [0.25, 0.3) is 23.1 Å². The van der Waals surface area contributed by atoms with E-state index in [0.29, 0.717) is 0 Å². The minimum atomic E-state index is 0.744. The number of hydrogen-bond acceptors (Lipinski definition) is 4. The molecule has 5 aromatic rings. The summed E-state index contributed by atoms with van der Waals surface area (Å²) < 4.78 is 6.09. The number of benzene rings is 3. The molecule has 5 rings (SSSR count). The first-order valence-electron chi connectivity index (χ1n) is 10.0. The van der Waals surface area contributed by atoms with Crippen molar-refractivity contribution in [3.8, 4) is 11.5 Å². The van der Waals surface area contributed by atoms with Gasteiger partial charge >= 0.3 is 0 Å². The number of rotatable bonds is 6. The lowest BCUT2D eigenvalue weighted by molar-refractivity contribution is 0.483. The Morgan fingerprint density at radius 3 is 2.45 bits per heavy atom. The molecule has 0 fully saturated rings. The SMILES string of the molecule is C(=C\c1n[nH]c2cc(Oc3cccc(Nc4ccccc4)c3)ccc12)/c1ccccn1. The maximum absolute atomic E-state index is 6.09. The lowest BCUT2D eigenvalue weighted by atomic mass is 10.2. The molecule has 2 aromatic heterocycles. The van der Waals surface area contributed by atoms with Crippen LogP contribution in [0.3, 0.4) is 0 Å². The number of aromatic nitrogens is 3. The number of aromatic amines is 1. The van der Waals surface area contributed by atoms with Crippen molar-refractivity contribution in [1.29, 1.82) is 0 Å². The zero-order valence-electron chi connectivity index (χ0n) is 16.7. The van der Waals surface area contributed by atoms with Crippen molar-refractivity contribution in [1.82, 2.24) is 15.2 Å². The highest BCUT2D eigenvalue weighted by Crippen LogP contribution is 2.29. The van der Waals surface area contributed by atoms with Gasteiger partial charge in [-0.05, 0) is 60.7 Å². The van der Waals surface area contributed by atoms with Crippen LogP contribution in [0.5, 0.6) is 11.5 Å². The summed E-state index contributed by atoms with van der Waals surface area (Å²) in [6.07, 6.45) is 5.68. The fourth-order valence-corrected chi connectivity index (χ4v) is 3.31. The van der Waals surface area contributed by atoms with Crippen molar-refractivity contribution in [2.45, 2.75) is 0 Å². The molecule has 5 nitrogen and oxygen atoms in total. The van der Waals surface area contributed by atoms with Crippen LogP contribution in [0, 0.1) is 0 Å². The van der Waals surface area contributed by atoms with E-state index in [4.69, 9.17) is 4.74 Å². The van der Waals surface area contributed by atoms with E-state index in [1.54, 1.807) is 6.20 Å². The summed E-state index contributed by atoms with van der Waals surface area (Å²) in [7, 11) is 0. The first kappa shape index (κ1) is 18.6. The molecule has 2 heterocycles. The van der Waals surface area contributed by atoms with E-state index in [1.807, 2.05) is 103 Å². The molecule has 5 heteroatoms. The number of nitrogens with zero attached hydrogens (tertiary/aromatic N) is 2. The Labute approximate surface area is 180 Å². The molecule has 31 heavy (non-hydrogen) atoms. The van der Waals surface area contributed by atoms with Crippen LogP contribution in [0.4, 0.5) is 11.4 Å². The minimum Gasteiger partial charge on any atom is -0.457 e. The topological polar surface area (TPSA) is 62.8 Å². The van der Waals surface area contributed by atoms with Crippen LogP contribution >= 0.6 is 0 Å². The van der Waals surface area contributed by atoms with E-state index < -0.39 is 0 Å². The third-order valence-corrected chi connectivity index (χ3v) is 4.80. The molecule has 0 aliphatic carbocycles. The van der Waals surface area contributed by atoms with Gasteiger partial charge in [0.1, 0.15) is 11.5 Å². The number of fused-ring (bicyclic) bond motifs is 1. The van der Waals surface area contributed by atoms with E-state index >= 15 is 0 Å². The summed E-state index contributed by atoms with van der Waals surface area (Å²) >= 11 is 0. The standard InChI is InChI=1S/C26H20N4O/c1-2-8-20(9-3-1)28-21-10-6-11-22(17-21)31-23-13-14-24-25(29-30-26(24)18-23)15-12-19-7-4-5-16-27-19/h1-18,28H,(H,29,30)/b15-12+. The summed E-state index contributed by atoms with van der Waals surface area (Å²) in [6.45, 7) is 0. The second kappa shape index (κ2) is 8.55. The van der Waals surface area contributed by atoms with Gasteiger partial charge in [0.25, 0.3) is 0 Å². The lowest BCUT2D eigenvalue weighted by Gasteiger charge is -2.10. The number of anilines is 2. The van der Waals surface area contributed by atoms with E-state index in [0.717, 1.165) is 45.2 Å². The van der Waals surface area contributed by atoms with Crippen molar-refractivity contribution in [2.75, 3.05) is 5.32 Å². The Bertz CT molecular complexity index is 1330. The number of pyridine rings is 1. The molecule has 0 spiro atoms. The predicted octanol–water partition coefficient (Wildman–Crippen LogP) is 6.66. The maximum Gasteiger partial charge on any atom is 0.129 e. The number of nitrogens with one attached hydrogen (secondary N) is 2. The van der Waals surface area contributed by atoms with Crippen LogP contribution in [0.2, 0.25) is 0 Å². The molecule has 150 valence electrons. The molecule has 0 aliphatic heterocycles. The number of hydrogen-bond donors (Lipinski definition) is 2. The number of ether oxygens (including phenoxy) is 1. The molecule has 0 radical (unpaired) electrons. The van der Waals surface area contributed by atoms with Gasteiger partial charge < -0.3 is 10.1 Å². The van der Waals surface area contributed by atoms with Gasteiger partial charge in [0.05, 0.1) is 16.9 Å². The Kier molecular flexibility index (Phi) is 5.14. The van der Waals surface area contributed by atoms with Gasteiger partial charge in [-0.25, -0.2) is 0 Å². The van der Waals surface area contributed by atoms with Crippen LogP contribution in [0.15, 0.2) is 97.2 Å². The molecule has 0 unspecified atom stereocenters. The monoisotopic (exact) mass is 404 g/mol. The van der Waals surface area contributed by atoms with Gasteiger partial charge in [-0.2, -0.15) is 5.10 Å². The van der Waals surface area contributed by atoms with Crippen LogP contribution in [-0.4, -0.2) is 15.2 Å². The summed E-state index contributed by atoms with van der Waals surface area (Å²) in [5.41, 5.74) is 4.67. The molecule has 0 saturated carbocycles. The second-order valence-electron chi connectivity index (χ2n) is 7.03. The number of H-pyrrole nitrogens is 1. The summed E-state index contributed by atoms with van der Waals surface area (Å²) in [5.74, 6) is 1.50. The summed E-state index contributed by atoms with van der Waals surface area (Å²) in [6, 6.07) is 29.7. The average molecular weight is 404 g/mol. The molecule has 0 amide bonds. The van der Waals surface area contributed by atoms with Crippen molar-refractivity contribution >= 4 is 34.4 Å². The second-order valence-corrected chi connectivity index (χ2v) is 7.03. The fraction of sp³-hybridized carbons (Fsp3) is 0. The lowest BCUT2D eigenvalue weighted by Crippen LogP contribution is -1.91. The first-order valence-corrected chi connectivity index (χ1v) is 10.0. The quantitative estimate of drug-likeness (QED) is 0.332. The third kappa shape index (κ3) is 4.46. The Morgan fingerprint density at radius 1 is 0.742 bits per heavy atom. The smallest absolute Gasteiger partial charge is 0.129 e. The zero-order valence-corrected chi connectivity index (χ0v) is 16.7. The van der Waals surface area contributed by atoms with Gasteiger partial charge in [-0.3, -0.25) is 10.1 Å². The Morgan fingerprint density at radius 2 is 1.58 bits per heavy atom.